The van der Waals surface area contributed by atoms with Crippen LogP contribution in [0.1, 0.15) is 18.5 Å². The van der Waals surface area contributed by atoms with Crippen molar-refractivity contribution in [2.45, 2.75) is 13.0 Å². The zero-order valence-corrected chi connectivity index (χ0v) is 13.0. The van der Waals surface area contributed by atoms with Gasteiger partial charge >= 0.3 is 0 Å². The number of nitrogens with one attached hydrogen (secondary N) is 1. The third-order valence-electron chi connectivity index (χ3n) is 3.24. The van der Waals surface area contributed by atoms with E-state index in [1.54, 1.807) is 11.0 Å². The minimum Gasteiger partial charge on any atom is -0.377 e. The summed E-state index contributed by atoms with van der Waals surface area (Å²) < 4.78 is 2.74. The van der Waals surface area contributed by atoms with Crippen LogP contribution >= 0.6 is 15.9 Å². The molecular weight excluding hydrogens is 330 g/mol. The normalized spacial score (nSPS) is 12.1. The zero-order valence-electron chi connectivity index (χ0n) is 11.4. The predicted octanol–water partition coefficient (Wildman–Crippen LogP) is 3.60. The molecule has 21 heavy (non-hydrogen) atoms. The summed E-state index contributed by atoms with van der Waals surface area (Å²) in [7, 11) is 0. The summed E-state index contributed by atoms with van der Waals surface area (Å²) >= 11 is 3.59. The SMILES string of the molecule is CC(Nc1ccccc1-n1cnnn1)c1ccccc1Br. The van der Waals surface area contributed by atoms with E-state index in [4.69, 9.17) is 0 Å². The van der Waals surface area contributed by atoms with Crippen LogP contribution in [0.4, 0.5) is 5.69 Å². The second-order valence-corrected chi connectivity index (χ2v) is 5.51. The van der Waals surface area contributed by atoms with Gasteiger partial charge in [-0.2, -0.15) is 4.68 Å². The van der Waals surface area contributed by atoms with Gasteiger partial charge < -0.3 is 5.32 Å². The fourth-order valence-electron chi connectivity index (χ4n) is 2.20. The molecule has 6 heteroatoms. The van der Waals surface area contributed by atoms with Crippen molar-refractivity contribution in [2.24, 2.45) is 0 Å². The molecule has 1 N–H and O–H groups in total. The standard InChI is InChI=1S/C15H14BrN5/c1-11(12-6-2-3-7-13(12)16)18-14-8-4-5-9-15(14)21-10-17-19-20-21/h2-11,18H,1H3. The smallest absolute Gasteiger partial charge is 0.143 e. The van der Waals surface area contributed by atoms with Crippen LogP contribution in [-0.2, 0) is 0 Å². The van der Waals surface area contributed by atoms with Crippen LogP contribution in [0, 0.1) is 0 Å². The Kier molecular flexibility index (Phi) is 3.96. The summed E-state index contributed by atoms with van der Waals surface area (Å²) in [6.07, 6.45) is 1.59. The van der Waals surface area contributed by atoms with Crippen molar-refractivity contribution in [2.75, 3.05) is 5.32 Å². The van der Waals surface area contributed by atoms with E-state index in [0.717, 1.165) is 15.8 Å². The Balaban J connectivity index is 1.91. The summed E-state index contributed by atoms with van der Waals surface area (Å²) in [5, 5.41) is 14.8. The first-order valence-corrected chi connectivity index (χ1v) is 7.38. The van der Waals surface area contributed by atoms with Crippen LogP contribution in [0.3, 0.4) is 0 Å². The molecule has 106 valence electrons. The molecule has 0 aliphatic carbocycles. The number of hydrogen-bond donors (Lipinski definition) is 1. The van der Waals surface area contributed by atoms with Crippen LogP contribution in [0.15, 0.2) is 59.3 Å². The minimum atomic E-state index is 0.151. The van der Waals surface area contributed by atoms with Gasteiger partial charge in [-0.3, -0.25) is 0 Å². The van der Waals surface area contributed by atoms with E-state index >= 15 is 0 Å². The number of rotatable bonds is 4. The number of anilines is 1. The zero-order chi connectivity index (χ0) is 14.7. The number of halogens is 1. The van der Waals surface area contributed by atoms with E-state index in [0.29, 0.717) is 0 Å². The summed E-state index contributed by atoms with van der Waals surface area (Å²) in [5.41, 5.74) is 3.10. The highest BCUT2D eigenvalue weighted by Crippen LogP contribution is 2.28. The summed E-state index contributed by atoms with van der Waals surface area (Å²) in [5.74, 6) is 0. The maximum Gasteiger partial charge on any atom is 0.143 e. The van der Waals surface area contributed by atoms with Gasteiger partial charge in [0.25, 0.3) is 0 Å². The third-order valence-corrected chi connectivity index (χ3v) is 3.97. The number of benzene rings is 2. The Labute approximate surface area is 131 Å². The number of para-hydroxylation sites is 2. The largest absolute Gasteiger partial charge is 0.377 e. The molecule has 1 unspecified atom stereocenters. The Bertz CT molecular complexity index is 726. The van der Waals surface area contributed by atoms with Crippen LogP contribution in [0.5, 0.6) is 0 Å². The Morgan fingerprint density at radius 2 is 1.86 bits per heavy atom. The molecule has 0 spiro atoms. The number of nitrogens with zero attached hydrogens (tertiary/aromatic N) is 4. The van der Waals surface area contributed by atoms with Gasteiger partial charge in [0.1, 0.15) is 6.33 Å². The van der Waals surface area contributed by atoms with E-state index in [2.05, 4.69) is 49.8 Å². The molecule has 0 amide bonds. The van der Waals surface area contributed by atoms with Gasteiger partial charge in [-0.05, 0) is 41.1 Å². The van der Waals surface area contributed by atoms with E-state index in [9.17, 15) is 0 Å². The molecule has 1 heterocycles. The summed E-state index contributed by atoms with van der Waals surface area (Å²) in [6.45, 7) is 2.12. The second-order valence-electron chi connectivity index (χ2n) is 4.66. The van der Waals surface area contributed by atoms with Crippen molar-refractivity contribution in [3.8, 4) is 5.69 Å². The Hall–Kier alpha value is -2.21. The molecule has 1 atom stereocenters. The third kappa shape index (κ3) is 2.95. The minimum absolute atomic E-state index is 0.151. The molecule has 0 aliphatic heterocycles. The number of hydrogen-bond acceptors (Lipinski definition) is 4. The van der Waals surface area contributed by atoms with Gasteiger partial charge in [-0.25, -0.2) is 0 Å². The van der Waals surface area contributed by atoms with Gasteiger partial charge in [0.05, 0.1) is 11.4 Å². The average Bonchev–Trinajstić information content (AvgIpc) is 3.02. The van der Waals surface area contributed by atoms with Crippen molar-refractivity contribution < 1.29 is 0 Å². The second kappa shape index (κ2) is 6.05. The predicted molar refractivity (Wildman–Crippen MR) is 85.3 cm³/mol. The first-order valence-electron chi connectivity index (χ1n) is 6.59. The quantitative estimate of drug-likeness (QED) is 0.786. The molecule has 0 saturated heterocycles. The first-order chi connectivity index (χ1) is 10.3. The van der Waals surface area contributed by atoms with Gasteiger partial charge in [0.15, 0.2) is 0 Å². The fraction of sp³-hybridized carbons (Fsp3) is 0.133. The lowest BCUT2D eigenvalue weighted by Crippen LogP contribution is -2.10. The Morgan fingerprint density at radius 3 is 2.62 bits per heavy atom. The van der Waals surface area contributed by atoms with Gasteiger partial charge in [0.2, 0.25) is 0 Å². The van der Waals surface area contributed by atoms with Crippen molar-refractivity contribution in [1.29, 1.82) is 0 Å². The van der Waals surface area contributed by atoms with Crippen LogP contribution in [-0.4, -0.2) is 20.2 Å². The topological polar surface area (TPSA) is 55.6 Å². The molecule has 1 aromatic heterocycles. The molecule has 2 aromatic carbocycles. The molecule has 0 aliphatic rings. The molecule has 0 bridgehead atoms. The van der Waals surface area contributed by atoms with E-state index in [-0.39, 0.29) is 6.04 Å². The number of aromatic nitrogens is 4. The highest BCUT2D eigenvalue weighted by Gasteiger charge is 2.11. The first kappa shape index (κ1) is 13.8. The Morgan fingerprint density at radius 1 is 1.10 bits per heavy atom. The summed E-state index contributed by atoms with van der Waals surface area (Å²) in [6, 6.07) is 16.3. The van der Waals surface area contributed by atoms with Gasteiger partial charge in [-0.15, -0.1) is 5.10 Å². The fourth-order valence-corrected chi connectivity index (χ4v) is 2.83. The molecule has 0 radical (unpaired) electrons. The van der Waals surface area contributed by atoms with Gasteiger partial charge in [-0.1, -0.05) is 46.3 Å². The van der Waals surface area contributed by atoms with Crippen molar-refractivity contribution >= 4 is 21.6 Å². The summed E-state index contributed by atoms with van der Waals surface area (Å²) in [4.78, 5) is 0. The number of tetrazole rings is 1. The van der Waals surface area contributed by atoms with Crippen LogP contribution in [0.2, 0.25) is 0 Å². The molecule has 3 rings (SSSR count). The van der Waals surface area contributed by atoms with E-state index < -0.39 is 0 Å². The molecule has 5 nitrogen and oxygen atoms in total. The average molecular weight is 344 g/mol. The van der Waals surface area contributed by atoms with Crippen molar-refractivity contribution in [3.05, 3.63) is 64.9 Å². The molecular formula is C15H14BrN5. The van der Waals surface area contributed by atoms with E-state index in [1.807, 2.05) is 42.5 Å². The van der Waals surface area contributed by atoms with Crippen LogP contribution < -0.4 is 5.32 Å². The lowest BCUT2D eigenvalue weighted by molar-refractivity contribution is 0.785. The van der Waals surface area contributed by atoms with Crippen molar-refractivity contribution in [3.63, 3.8) is 0 Å². The van der Waals surface area contributed by atoms with Crippen LogP contribution in [0.25, 0.3) is 5.69 Å². The molecule has 3 aromatic rings. The monoisotopic (exact) mass is 343 g/mol. The highest BCUT2D eigenvalue weighted by molar-refractivity contribution is 9.10. The lowest BCUT2D eigenvalue weighted by atomic mass is 10.1. The molecule has 0 fully saturated rings. The highest BCUT2D eigenvalue weighted by atomic mass is 79.9. The van der Waals surface area contributed by atoms with Crippen molar-refractivity contribution in [1.82, 2.24) is 20.2 Å². The lowest BCUT2D eigenvalue weighted by Gasteiger charge is -2.19. The van der Waals surface area contributed by atoms with Gasteiger partial charge in [0, 0.05) is 10.5 Å². The molecule has 0 saturated carbocycles. The van der Waals surface area contributed by atoms with E-state index in [1.165, 1.54) is 5.56 Å². The maximum absolute atomic E-state index is 3.95. The maximum atomic E-state index is 3.95.